The second-order valence-corrected chi connectivity index (χ2v) is 3.10. The Morgan fingerprint density at radius 3 is 3.07 bits per heavy atom. The molecule has 0 bridgehead atoms. The number of amides is 1. The van der Waals surface area contributed by atoms with Crippen LogP contribution in [0.2, 0.25) is 0 Å². The van der Waals surface area contributed by atoms with Gasteiger partial charge in [-0.3, -0.25) is 15.3 Å². The highest BCUT2D eigenvalue weighted by molar-refractivity contribution is 6.04. The minimum absolute atomic E-state index is 0.227. The molecule has 0 spiro atoms. The van der Waals surface area contributed by atoms with Gasteiger partial charge < -0.3 is 0 Å². The Morgan fingerprint density at radius 2 is 2.27 bits per heavy atom. The standard InChI is InChI=1S/C10H12N4O/c1-2-11-14-10(15)9-7-5-3-4-6-8(7)12-13-9/h3-6,11H,2H2,1H3,(H,12,13)(H,14,15). The molecule has 0 saturated carbocycles. The maximum Gasteiger partial charge on any atom is 0.286 e. The van der Waals surface area contributed by atoms with Crippen LogP contribution in [0.5, 0.6) is 0 Å². The summed E-state index contributed by atoms with van der Waals surface area (Å²) in [7, 11) is 0. The molecular weight excluding hydrogens is 192 g/mol. The predicted octanol–water partition coefficient (Wildman–Crippen LogP) is 0.817. The molecule has 2 rings (SSSR count). The number of benzene rings is 1. The van der Waals surface area contributed by atoms with Crippen molar-refractivity contribution in [2.24, 2.45) is 0 Å². The van der Waals surface area contributed by atoms with E-state index in [0.717, 1.165) is 10.9 Å². The Kier molecular flexibility index (Phi) is 2.64. The van der Waals surface area contributed by atoms with Crippen molar-refractivity contribution in [1.29, 1.82) is 0 Å². The number of H-pyrrole nitrogens is 1. The van der Waals surface area contributed by atoms with Crippen LogP contribution in [0.4, 0.5) is 0 Å². The molecule has 1 amide bonds. The van der Waals surface area contributed by atoms with Gasteiger partial charge in [0, 0.05) is 11.9 Å². The first kappa shape index (κ1) is 9.67. The Hall–Kier alpha value is -1.88. The van der Waals surface area contributed by atoms with Gasteiger partial charge in [-0.2, -0.15) is 5.10 Å². The highest BCUT2D eigenvalue weighted by Gasteiger charge is 2.12. The zero-order valence-corrected chi connectivity index (χ0v) is 8.37. The second-order valence-electron chi connectivity index (χ2n) is 3.10. The van der Waals surface area contributed by atoms with Crippen molar-refractivity contribution in [3.8, 4) is 0 Å². The smallest absolute Gasteiger partial charge is 0.286 e. The van der Waals surface area contributed by atoms with Crippen LogP contribution in [0.25, 0.3) is 10.9 Å². The molecule has 0 aliphatic rings. The summed E-state index contributed by atoms with van der Waals surface area (Å²) in [5.41, 5.74) is 6.57. The molecule has 1 heterocycles. The number of hydrogen-bond acceptors (Lipinski definition) is 3. The van der Waals surface area contributed by atoms with Crippen LogP contribution in [0.15, 0.2) is 24.3 Å². The van der Waals surface area contributed by atoms with E-state index in [9.17, 15) is 4.79 Å². The Morgan fingerprint density at radius 1 is 1.47 bits per heavy atom. The number of nitrogens with one attached hydrogen (secondary N) is 3. The number of para-hydroxylation sites is 1. The van der Waals surface area contributed by atoms with Crippen molar-refractivity contribution in [2.75, 3.05) is 6.54 Å². The molecular formula is C10H12N4O. The Labute approximate surface area is 86.8 Å². The van der Waals surface area contributed by atoms with Crippen LogP contribution in [-0.2, 0) is 0 Å². The molecule has 0 saturated heterocycles. The molecule has 0 aliphatic carbocycles. The molecule has 0 fully saturated rings. The number of hydrogen-bond donors (Lipinski definition) is 3. The number of rotatable bonds is 3. The lowest BCUT2D eigenvalue weighted by Crippen LogP contribution is -2.37. The van der Waals surface area contributed by atoms with Crippen LogP contribution in [0.1, 0.15) is 17.4 Å². The van der Waals surface area contributed by atoms with E-state index < -0.39 is 0 Å². The molecule has 0 radical (unpaired) electrons. The summed E-state index contributed by atoms with van der Waals surface area (Å²) in [6, 6.07) is 7.51. The van der Waals surface area contributed by atoms with Gasteiger partial charge in [0.05, 0.1) is 5.52 Å². The fourth-order valence-corrected chi connectivity index (χ4v) is 1.36. The van der Waals surface area contributed by atoms with E-state index >= 15 is 0 Å². The first-order valence-corrected chi connectivity index (χ1v) is 4.79. The van der Waals surface area contributed by atoms with Crippen LogP contribution < -0.4 is 10.9 Å². The van der Waals surface area contributed by atoms with E-state index in [1.807, 2.05) is 31.2 Å². The molecule has 0 unspecified atom stereocenters. The lowest BCUT2D eigenvalue weighted by atomic mass is 10.2. The summed E-state index contributed by atoms with van der Waals surface area (Å²) in [6.45, 7) is 2.58. The van der Waals surface area contributed by atoms with Gasteiger partial charge in [-0.1, -0.05) is 25.1 Å². The molecule has 2 aromatic rings. The number of aromatic amines is 1. The van der Waals surface area contributed by atoms with Gasteiger partial charge in [-0.25, -0.2) is 5.43 Å². The van der Waals surface area contributed by atoms with Crippen LogP contribution in [0, 0.1) is 0 Å². The summed E-state index contributed by atoms with van der Waals surface area (Å²) in [6.07, 6.45) is 0. The number of hydrazine groups is 1. The number of carbonyl (C=O) groups is 1. The predicted molar refractivity (Wildman–Crippen MR) is 57.2 cm³/mol. The van der Waals surface area contributed by atoms with Gasteiger partial charge in [-0.15, -0.1) is 0 Å². The van der Waals surface area contributed by atoms with Crippen molar-refractivity contribution in [1.82, 2.24) is 21.0 Å². The number of nitrogens with zero attached hydrogens (tertiary/aromatic N) is 1. The van der Waals surface area contributed by atoms with Gasteiger partial charge in [0.15, 0.2) is 5.69 Å². The van der Waals surface area contributed by atoms with Crippen molar-refractivity contribution in [3.05, 3.63) is 30.0 Å². The maximum absolute atomic E-state index is 11.6. The van der Waals surface area contributed by atoms with Crippen LogP contribution in [0.3, 0.4) is 0 Å². The molecule has 1 aromatic carbocycles. The Bertz CT molecular complexity index is 477. The average molecular weight is 204 g/mol. The zero-order chi connectivity index (χ0) is 10.7. The molecule has 3 N–H and O–H groups in total. The van der Waals surface area contributed by atoms with Crippen LogP contribution in [-0.4, -0.2) is 22.6 Å². The maximum atomic E-state index is 11.6. The fourth-order valence-electron chi connectivity index (χ4n) is 1.36. The van der Waals surface area contributed by atoms with E-state index in [-0.39, 0.29) is 5.91 Å². The number of carbonyl (C=O) groups excluding carboxylic acids is 1. The van der Waals surface area contributed by atoms with E-state index in [4.69, 9.17) is 0 Å². The SMILES string of the molecule is CCNNC(=O)c1n[nH]c2ccccc12. The minimum Gasteiger partial charge on any atom is -0.286 e. The molecule has 5 heteroatoms. The molecule has 15 heavy (non-hydrogen) atoms. The second kappa shape index (κ2) is 4.10. The molecule has 5 nitrogen and oxygen atoms in total. The van der Waals surface area contributed by atoms with Crippen molar-refractivity contribution in [3.63, 3.8) is 0 Å². The van der Waals surface area contributed by atoms with Crippen molar-refractivity contribution < 1.29 is 4.79 Å². The quantitative estimate of drug-likeness (QED) is 0.648. The summed E-state index contributed by atoms with van der Waals surface area (Å²) in [5, 5.41) is 7.60. The van der Waals surface area contributed by atoms with E-state index in [1.165, 1.54) is 0 Å². The third-order valence-corrected chi connectivity index (χ3v) is 2.06. The first-order chi connectivity index (χ1) is 7.33. The van der Waals surface area contributed by atoms with Crippen molar-refractivity contribution >= 4 is 16.8 Å². The monoisotopic (exact) mass is 204 g/mol. The highest BCUT2D eigenvalue weighted by atomic mass is 16.2. The molecule has 0 atom stereocenters. The minimum atomic E-state index is -0.227. The summed E-state index contributed by atoms with van der Waals surface area (Å²) >= 11 is 0. The first-order valence-electron chi connectivity index (χ1n) is 4.79. The lowest BCUT2D eigenvalue weighted by molar-refractivity contribution is 0.0931. The molecule has 1 aromatic heterocycles. The summed E-state index contributed by atoms with van der Waals surface area (Å²) in [5.74, 6) is -0.227. The third kappa shape index (κ3) is 1.82. The normalized spacial score (nSPS) is 10.5. The largest absolute Gasteiger partial charge is 0.286 e. The summed E-state index contributed by atoms with van der Waals surface area (Å²) in [4.78, 5) is 11.6. The fraction of sp³-hybridized carbons (Fsp3) is 0.200. The van der Waals surface area contributed by atoms with E-state index in [1.54, 1.807) is 0 Å². The highest BCUT2D eigenvalue weighted by Crippen LogP contribution is 2.14. The van der Waals surface area contributed by atoms with Crippen LogP contribution >= 0.6 is 0 Å². The molecule has 78 valence electrons. The van der Waals surface area contributed by atoms with Gasteiger partial charge in [-0.05, 0) is 6.07 Å². The van der Waals surface area contributed by atoms with Gasteiger partial charge in [0.1, 0.15) is 0 Å². The van der Waals surface area contributed by atoms with E-state index in [2.05, 4.69) is 21.0 Å². The Balaban J connectivity index is 2.31. The van der Waals surface area contributed by atoms with E-state index in [0.29, 0.717) is 12.2 Å². The topological polar surface area (TPSA) is 69.8 Å². The van der Waals surface area contributed by atoms with Gasteiger partial charge in [0.25, 0.3) is 5.91 Å². The number of aromatic nitrogens is 2. The van der Waals surface area contributed by atoms with Gasteiger partial charge >= 0.3 is 0 Å². The summed E-state index contributed by atoms with van der Waals surface area (Å²) < 4.78 is 0. The number of fused-ring (bicyclic) bond motifs is 1. The third-order valence-electron chi connectivity index (χ3n) is 2.06. The average Bonchev–Trinajstić information content (AvgIpc) is 2.69. The van der Waals surface area contributed by atoms with Gasteiger partial charge in [0.2, 0.25) is 0 Å². The zero-order valence-electron chi connectivity index (χ0n) is 8.37. The molecule has 0 aliphatic heterocycles. The lowest BCUT2D eigenvalue weighted by Gasteiger charge is -2.01. The van der Waals surface area contributed by atoms with Crippen molar-refractivity contribution in [2.45, 2.75) is 6.92 Å².